The molecule has 0 amide bonds. The second kappa shape index (κ2) is 7.85. The maximum absolute atomic E-state index is 10.8. The van der Waals surface area contributed by atoms with Gasteiger partial charge in [-0.3, -0.25) is 0 Å². The van der Waals surface area contributed by atoms with Gasteiger partial charge in [0.15, 0.2) is 0 Å². The van der Waals surface area contributed by atoms with Crippen molar-refractivity contribution >= 4 is 10.0 Å². The molecule has 0 fully saturated rings. The third-order valence-electron chi connectivity index (χ3n) is 2.61. The summed E-state index contributed by atoms with van der Waals surface area (Å²) in [6.45, 7) is 1.73. The summed E-state index contributed by atoms with van der Waals surface area (Å²) in [5, 5.41) is 12.2. The number of hydrogen-bond acceptors (Lipinski definition) is 5. The predicted octanol–water partition coefficient (Wildman–Crippen LogP) is 0.596. The second-order valence-corrected chi connectivity index (χ2v) is 6.18. The van der Waals surface area contributed by atoms with Crippen molar-refractivity contribution in [3.8, 4) is 11.8 Å². The van der Waals surface area contributed by atoms with E-state index in [4.69, 9.17) is 10.00 Å². The van der Waals surface area contributed by atoms with Gasteiger partial charge in [0, 0.05) is 13.1 Å². The fourth-order valence-corrected chi connectivity index (χ4v) is 2.17. The minimum Gasteiger partial charge on any atom is -0.495 e. The maximum Gasteiger partial charge on any atom is 0.208 e. The standard InChI is InChI=1S/C13H19N3O3S/c1-19-13-5-4-11(8-12(13)9-14)10-15-6-3-7-16-20(2,17)18/h4-5,8,15-16H,3,6-7,10H2,1-2H3. The van der Waals surface area contributed by atoms with Crippen LogP contribution in [0.3, 0.4) is 0 Å². The molecular formula is C13H19N3O3S. The molecule has 6 nitrogen and oxygen atoms in total. The minimum atomic E-state index is -3.11. The smallest absolute Gasteiger partial charge is 0.208 e. The number of hydrogen-bond donors (Lipinski definition) is 2. The molecule has 20 heavy (non-hydrogen) atoms. The number of nitriles is 1. The molecule has 0 aliphatic carbocycles. The lowest BCUT2D eigenvalue weighted by Gasteiger charge is -2.08. The topological polar surface area (TPSA) is 91.2 Å². The fraction of sp³-hybridized carbons (Fsp3) is 0.462. The molecule has 110 valence electrons. The normalized spacial score (nSPS) is 11.1. The van der Waals surface area contributed by atoms with Crippen molar-refractivity contribution < 1.29 is 13.2 Å². The number of sulfonamides is 1. The number of methoxy groups -OCH3 is 1. The predicted molar refractivity (Wildman–Crippen MR) is 76.9 cm³/mol. The molecule has 0 heterocycles. The van der Waals surface area contributed by atoms with E-state index in [1.807, 2.05) is 6.07 Å². The van der Waals surface area contributed by atoms with Crippen LogP contribution in [0.2, 0.25) is 0 Å². The molecule has 0 radical (unpaired) electrons. The second-order valence-electron chi connectivity index (χ2n) is 4.34. The Kier molecular flexibility index (Phi) is 6.45. The molecule has 0 aliphatic rings. The van der Waals surface area contributed by atoms with E-state index in [-0.39, 0.29) is 0 Å². The third-order valence-corrected chi connectivity index (χ3v) is 3.34. The summed E-state index contributed by atoms with van der Waals surface area (Å²) in [5.74, 6) is 0.564. The van der Waals surface area contributed by atoms with E-state index >= 15 is 0 Å². The Bertz CT molecular complexity index is 579. The van der Waals surface area contributed by atoms with Gasteiger partial charge >= 0.3 is 0 Å². The average molecular weight is 297 g/mol. The van der Waals surface area contributed by atoms with Crippen molar-refractivity contribution in [2.24, 2.45) is 0 Å². The highest BCUT2D eigenvalue weighted by Crippen LogP contribution is 2.18. The molecule has 2 N–H and O–H groups in total. The molecule has 7 heteroatoms. The lowest BCUT2D eigenvalue weighted by atomic mass is 10.1. The van der Waals surface area contributed by atoms with Crippen molar-refractivity contribution in [2.45, 2.75) is 13.0 Å². The lowest BCUT2D eigenvalue weighted by molar-refractivity contribution is 0.413. The summed E-state index contributed by atoms with van der Waals surface area (Å²) < 4.78 is 29.2. The summed E-state index contributed by atoms with van der Waals surface area (Å²) in [5.41, 5.74) is 1.49. The van der Waals surface area contributed by atoms with Crippen molar-refractivity contribution in [2.75, 3.05) is 26.5 Å². The van der Waals surface area contributed by atoms with Gasteiger partial charge < -0.3 is 10.1 Å². The zero-order valence-electron chi connectivity index (χ0n) is 11.6. The summed E-state index contributed by atoms with van der Waals surface area (Å²) in [6, 6.07) is 7.52. The zero-order chi connectivity index (χ0) is 15.0. The fourth-order valence-electron chi connectivity index (χ4n) is 1.66. The van der Waals surface area contributed by atoms with Crippen LogP contribution in [0.25, 0.3) is 0 Å². The van der Waals surface area contributed by atoms with Gasteiger partial charge in [-0.1, -0.05) is 6.07 Å². The van der Waals surface area contributed by atoms with Crippen LogP contribution in [0.1, 0.15) is 17.5 Å². The van der Waals surface area contributed by atoms with Crippen LogP contribution in [0.4, 0.5) is 0 Å². The molecule has 1 aromatic carbocycles. The van der Waals surface area contributed by atoms with Gasteiger partial charge in [0.25, 0.3) is 0 Å². The van der Waals surface area contributed by atoms with Crippen LogP contribution < -0.4 is 14.8 Å². The van der Waals surface area contributed by atoms with Gasteiger partial charge in [0.1, 0.15) is 11.8 Å². The van der Waals surface area contributed by atoms with Gasteiger partial charge in [-0.05, 0) is 30.7 Å². The maximum atomic E-state index is 10.8. The van der Waals surface area contributed by atoms with Crippen LogP contribution in [0.15, 0.2) is 18.2 Å². The van der Waals surface area contributed by atoms with Gasteiger partial charge in [0.05, 0.1) is 18.9 Å². The summed E-state index contributed by atoms with van der Waals surface area (Å²) >= 11 is 0. The molecule has 1 aromatic rings. The first-order valence-corrected chi connectivity index (χ1v) is 8.08. The van der Waals surface area contributed by atoms with Crippen LogP contribution in [0.5, 0.6) is 5.75 Å². The van der Waals surface area contributed by atoms with Crippen molar-refractivity contribution in [1.82, 2.24) is 10.0 Å². The Morgan fingerprint density at radius 3 is 2.70 bits per heavy atom. The van der Waals surface area contributed by atoms with E-state index in [1.165, 1.54) is 7.11 Å². The van der Waals surface area contributed by atoms with Crippen molar-refractivity contribution in [3.63, 3.8) is 0 Å². The molecule has 0 bridgehead atoms. The van der Waals surface area contributed by atoms with E-state index in [2.05, 4.69) is 16.1 Å². The van der Waals surface area contributed by atoms with Gasteiger partial charge in [-0.15, -0.1) is 0 Å². The summed E-state index contributed by atoms with van der Waals surface area (Å²) in [4.78, 5) is 0. The monoisotopic (exact) mass is 297 g/mol. The summed E-state index contributed by atoms with van der Waals surface area (Å²) in [7, 11) is -1.58. The Morgan fingerprint density at radius 2 is 2.10 bits per heavy atom. The molecule has 1 rings (SSSR count). The molecule has 0 aliphatic heterocycles. The highest BCUT2D eigenvalue weighted by Gasteiger charge is 2.03. The number of nitrogens with zero attached hydrogens (tertiary/aromatic N) is 1. The van der Waals surface area contributed by atoms with Gasteiger partial charge in [0.2, 0.25) is 10.0 Å². The number of ether oxygens (including phenoxy) is 1. The van der Waals surface area contributed by atoms with Crippen molar-refractivity contribution in [1.29, 1.82) is 5.26 Å². The highest BCUT2D eigenvalue weighted by atomic mass is 32.2. The van der Waals surface area contributed by atoms with Crippen LogP contribution in [-0.4, -0.2) is 34.9 Å². The van der Waals surface area contributed by atoms with Crippen LogP contribution >= 0.6 is 0 Å². The molecule has 0 saturated heterocycles. The van der Waals surface area contributed by atoms with Gasteiger partial charge in [-0.25, -0.2) is 13.1 Å². The first-order valence-electron chi connectivity index (χ1n) is 6.18. The number of benzene rings is 1. The minimum absolute atomic E-state index is 0.415. The largest absolute Gasteiger partial charge is 0.495 e. The van der Waals surface area contributed by atoms with E-state index in [9.17, 15) is 8.42 Å². The average Bonchev–Trinajstić information content (AvgIpc) is 2.41. The van der Waals surface area contributed by atoms with Crippen molar-refractivity contribution in [3.05, 3.63) is 29.3 Å². The van der Waals surface area contributed by atoms with Crippen LogP contribution in [0, 0.1) is 11.3 Å². The molecule has 0 aromatic heterocycles. The van der Waals surface area contributed by atoms with E-state index in [1.54, 1.807) is 12.1 Å². The zero-order valence-corrected chi connectivity index (χ0v) is 12.5. The first-order chi connectivity index (χ1) is 9.46. The van der Waals surface area contributed by atoms with E-state index < -0.39 is 10.0 Å². The van der Waals surface area contributed by atoms with Crippen LogP contribution in [-0.2, 0) is 16.6 Å². The quantitative estimate of drug-likeness (QED) is 0.686. The Hall–Kier alpha value is -1.62. The Labute approximate surface area is 119 Å². The lowest BCUT2D eigenvalue weighted by Crippen LogP contribution is -2.26. The number of rotatable bonds is 8. The third kappa shape index (κ3) is 6.02. The molecule has 0 spiro atoms. The summed E-state index contributed by atoms with van der Waals surface area (Å²) in [6.07, 6.45) is 1.84. The number of nitrogens with one attached hydrogen (secondary N) is 2. The molecule has 0 saturated carbocycles. The van der Waals surface area contributed by atoms with Gasteiger partial charge in [-0.2, -0.15) is 5.26 Å². The SMILES string of the molecule is COc1ccc(CNCCCNS(C)(=O)=O)cc1C#N. The van der Waals surface area contributed by atoms with E-state index in [0.717, 1.165) is 11.8 Å². The molecule has 0 atom stereocenters. The first kappa shape index (κ1) is 16.4. The molecular weight excluding hydrogens is 278 g/mol. The highest BCUT2D eigenvalue weighted by molar-refractivity contribution is 7.88. The molecule has 0 unspecified atom stereocenters. The Morgan fingerprint density at radius 1 is 1.35 bits per heavy atom. The Balaban J connectivity index is 2.34. The van der Waals surface area contributed by atoms with E-state index in [0.29, 0.717) is 37.4 Å².